The van der Waals surface area contributed by atoms with Crippen LogP contribution in [0.4, 0.5) is 0 Å². The van der Waals surface area contributed by atoms with Gasteiger partial charge >= 0.3 is 0 Å². The largest absolute Gasteiger partial charge is 0.343 e. The van der Waals surface area contributed by atoms with Crippen LogP contribution in [0.3, 0.4) is 0 Å². The molecule has 4 rings (SSSR count). The van der Waals surface area contributed by atoms with Crippen LogP contribution in [0.2, 0.25) is 0 Å². The molecule has 0 saturated carbocycles. The van der Waals surface area contributed by atoms with Gasteiger partial charge in [0.1, 0.15) is 0 Å². The third-order valence-electron chi connectivity index (χ3n) is 4.21. The van der Waals surface area contributed by atoms with Crippen molar-refractivity contribution < 1.29 is 9.32 Å². The van der Waals surface area contributed by atoms with Gasteiger partial charge in [0.15, 0.2) is 0 Å². The zero-order chi connectivity index (χ0) is 17.9. The molecule has 26 heavy (non-hydrogen) atoms. The molecular formula is C21H17N3O2. The van der Waals surface area contributed by atoms with Gasteiger partial charge in [-0.15, -0.1) is 0 Å². The van der Waals surface area contributed by atoms with E-state index in [1.165, 1.54) is 5.56 Å². The fourth-order valence-corrected chi connectivity index (χ4v) is 2.82. The average Bonchev–Trinajstić information content (AvgIpc) is 3.15. The number of aryl methyl sites for hydroxylation is 1. The van der Waals surface area contributed by atoms with Gasteiger partial charge in [-0.25, -0.2) is 0 Å². The molecule has 1 heterocycles. The number of nitrogens with zero attached hydrogens (tertiary/aromatic N) is 2. The maximum Gasteiger partial charge on any atom is 0.252 e. The Hall–Kier alpha value is -3.47. The molecule has 0 spiro atoms. The first-order valence-corrected chi connectivity index (χ1v) is 8.36. The van der Waals surface area contributed by atoms with Crippen LogP contribution in [0.1, 0.15) is 21.8 Å². The molecule has 4 aromatic rings. The van der Waals surface area contributed by atoms with Crippen LogP contribution < -0.4 is 5.32 Å². The Morgan fingerprint density at radius 1 is 1.00 bits per heavy atom. The van der Waals surface area contributed by atoms with E-state index in [0.717, 1.165) is 16.3 Å². The fourth-order valence-electron chi connectivity index (χ4n) is 2.82. The number of nitrogens with one attached hydrogen (secondary N) is 1. The van der Waals surface area contributed by atoms with Crippen molar-refractivity contribution in [1.29, 1.82) is 0 Å². The summed E-state index contributed by atoms with van der Waals surface area (Å²) in [7, 11) is 0. The lowest BCUT2D eigenvalue weighted by atomic mass is 10.0. The SMILES string of the molecule is Cc1ccc(-c2noc(CNC(=O)c3cccc4ccccc34)n2)cc1. The Labute approximate surface area is 150 Å². The highest BCUT2D eigenvalue weighted by Gasteiger charge is 2.12. The summed E-state index contributed by atoms with van der Waals surface area (Å²) < 4.78 is 5.25. The zero-order valence-corrected chi connectivity index (χ0v) is 14.3. The lowest BCUT2D eigenvalue weighted by Gasteiger charge is -2.06. The summed E-state index contributed by atoms with van der Waals surface area (Å²) in [5, 5.41) is 8.77. The molecular weight excluding hydrogens is 326 g/mol. The van der Waals surface area contributed by atoms with Crippen molar-refractivity contribution in [2.75, 3.05) is 0 Å². The molecule has 3 aromatic carbocycles. The van der Waals surface area contributed by atoms with Crippen molar-refractivity contribution in [3.63, 3.8) is 0 Å². The van der Waals surface area contributed by atoms with Crippen LogP contribution in [0.25, 0.3) is 22.2 Å². The molecule has 0 aliphatic rings. The molecule has 128 valence electrons. The highest BCUT2D eigenvalue weighted by molar-refractivity contribution is 6.06. The van der Waals surface area contributed by atoms with E-state index >= 15 is 0 Å². The zero-order valence-electron chi connectivity index (χ0n) is 14.3. The van der Waals surface area contributed by atoms with E-state index in [-0.39, 0.29) is 12.5 Å². The summed E-state index contributed by atoms with van der Waals surface area (Å²) in [6, 6.07) is 21.3. The second-order valence-electron chi connectivity index (χ2n) is 6.09. The predicted molar refractivity (Wildman–Crippen MR) is 99.6 cm³/mol. The van der Waals surface area contributed by atoms with Crippen LogP contribution in [0, 0.1) is 6.92 Å². The maximum atomic E-state index is 12.5. The Morgan fingerprint density at radius 2 is 1.77 bits per heavy atom. The number of fused-ring (bicyclic) bond motifs is 1. The number of aromatic nitrogens is 2. The van der Waals surface area contributed by atoms with E-state index in [2.05, 4.69) is 15.5 Å². The second-order valence-corrected chi connectivity index (χ2v) is 6.09. The monoisotopic (exact) mass is 343 g/mol. The first-order chi connectivity index (χ1) is 12.7. The van der Waals surface area contributed by atoms with E-state index in [9.17, 15) is 4.79 Å². The lowest BCUT2D eigenvalue weighted by molar-refractivity contribution is 0.0948. The third-order valence-corrected chi connectivity index (χ3v) is 4.21. The van der Waals surface area contributed by atoms with Gasteiger partial charge in [0.2, 0.25) is 11.7 Å². The van der Waals surface area contributed by atoms with Gasteiger partial charge in [-0.3, -0.25) is 4.79 Å². The average molecular weight is 343 g/mol. The van der Waals surface area contributed by atoms with Crippen LogP contribution in [-0.4, -0.2) is 16.0 Å². The summed E-state index contributed by atoms with van der Waals surface area (Å²) >= 11 is 0. The topological polar surface area (TPSA) is 68.0 Å². The Kier molecular flexibility index (Phi) is 4.19. The summed E-state index contributed by atoms with van der Waals surface area (Å²) in [6.45, 7) is 2.20. The number of amides is 1. The minimum absolute atomic E-state index is 0.170. The van der Waals surface area contributed by atoms with Crippen molar-refractivity contribution in [2.24, 2.45) is 0 Å². The quantitative estimate of drug-likeness (QED) is 0.605. The maximum absolute atomic E-state index is 12.5. The van der Waals surface area contributed by atoms with Crippen molar-refractivity contribution in [1.82, 2.24) is 15.5 Å². The number of benzene rings is 3. The van der Waals surface area contributed by atoms with Gasteiger partial charge in [0.25, 0.3) is 5.91 Å². The number of carbonyl (C=O) groups is 1. The smallest absolute Gasteiger partial charge is 0.252 e. The van der Waals surface area contributed by atoms with E-state index in [4.69, 9.17) is 4.52 Å². The van der Waals surface area contributed by atoms with Crippen LogP contribution in [0.5, 0.6) is 0 Å². The summed E-state index contributed by atoms with van der Waals surface area (Å²) in [4.78, 5) is 16.9. The first-order valence-electron chi connectivity index (χ1n) is 8.36. The van der Waals surface area contributed by atoms with Crippen molar-refractivity contribution in [3.05, 3.63) is 83.7 Å². The highest BCUT2D eigenvalue weighted by Crippen LogP contribution is 2.19. The van der Waals surface area contributed by atoms with Crippen LogP contribution >= 0.6 is 0 Å². The number of rotatable bonds is 4. The minimum Gasteiger partial charge on any atom is -0.343 e. The predicted octanol–water partition coefficient (Wildman–Crippen LogP) is 4.13. The van der Waals surface area contributed by atoms with E-state index in [0.29, 0.717) is 17.3 Å². The summed E-state index contributed by atoms with van der Waals surface area (Å²) in [6.07, 6.45) is 0. The molecule has 0 atom stereocenters. The first kappa shape index (κ1) is 16.0. The molecule has 0 bridgehead atoms. The van der Waals surface area contributed by atoms with Gasteiger partial charge in [-0.05, 0) is 23.8 Å². The van der Waals surface area contributed by atoms with E-state index < -0.39 is 0 Å². The number of hydrogen-bond acceptors (Lipinski definition) is 4. The minimum atomic E-state index is -0.170. The van der Waals surface area contributed by atoms with Crippen LogP contribution in [0.15, 0.2) is 71.3 Å². The van der Waals surface area contributed by atoms with Gasteiger partial charge in [-0.1, -0.05) is 71.4 Å². The highest BCUT2D eigenvalue weighted by atomic mass is 16.5. The second kappa shape index (κ2) is 6.80. The van der Waals surface area contributed by atoms with Gasteiger partial charge in [0, 0.05) is 11.1 Å². The summed E-state index contributed by atoms with van der Waals surface area (Å²) in [5.41, 5.74) is 2.67. The van der Waals surface area contributed by atoms with Crippen molar-refractivity contribution in [3.8, 4) is 11.4 Å². The molecule has 0 aliphatic heterocycles. The molecule has 5 nitrogen and oxygen atoms in total. The molecule has 0 fully saturated rings. The van der Waals surface area contributed by atoms with Gasteiger partial charge in [0.05, 0.1) is 6.54 Å². The standard InChI is InChI=1S/C21H17N3O2/c1-14-9-11-16(12-10-14)20-23-19(26-24-20)13-22-21(25)18-8-4-6-15-5-2-3-7-17(15)18/h2-12H,13H2,1H3,(H,22,25). The number of hydrogen-bond donors (Lipinski definition) is 1. The molecule has 0 radical (unpaired) electrons. The normalized spacial score (nSPS) is 10.8. The Bertz CT molecular complexity index is 1060. The van der Waals surface area contributed by atoms with Crippen LogP contribution in [-0.2, 0) is 6.54 Å². The lowest BCUT2D eigenvalue weighted by Crippen LogP contribution is -2.23. The molecule has 1 N–H and O–H groups in total. The van der Waals surface area contributed by atoms with E-state index in [1.54, 1.807) is 0 Å². The number of carbonyl (C=O) groups excluding carboxylic acids is 1. The fraction of sp³-hybridized carbons (Fsp3) is 0.0952. The molecule has 5 heteroatoms. The molecule has 1 amide bonds. The molecule has 1 aromatic heterocycles. The molecule has 0 aliphatic carbocycles. The van der Waals surface area contributed by atoms with Crippen molar-refractivity contribution in [2.45, 2.75) is 13.5 Å². The van der Waals surface area contributed by atoms with Gasteiger partial charge in [-0.2, -0.15) is 4.98 Å². The molecule has 0 unspecified atom stereocenters. The van der Waals surface area contributed by atoms with Crippen molar-refractivity contribution >= 4 is 16.7 Å². The van der Waals surface area contributed by atoms with E-state index in [1.807, 2.05) is 73.7 Å². The van der Waals surface area contributed by atoms with Gasteiger partial charge < -0.3 is 9.84 Å². The molecule has 0 saturated heterocycles. The Morgan fingerprint density at radius 3 is 2.62 bits per heavy atom. The summed E-state index contributed by atoms with van der Waals surface area (Å²) in [5.74, 6) is 0.713. The Balaban J connectivity index is 1.49. The third kappa shape index (κ3) is 3.19.